The molecule has 0 aliphatic heterocycles. The monoisotopic (exact) mass is 190 g/mol. The van der Waals surface area contributed by atoms with Crippen LogP contribution >= 0.6 is 0 Å². The fourth-order valence-corrected chi connectivity index (χ4v) is 1.56. The van der Waals surface area contributed by atoms with Crippen molar-refractivity contribution in [3.63, 3.8) is 0 Å². The molecule has 1 aliphatic rings. The van der Waals surface area contributed by atoms with E-state index in [1.54, 1.807) is 6.20 Å². The lowest BCUT2D eigenvalue weighted by Gasteiger charge is -2.21. The number of pyridine rings is 1. The van der Waals surface area contributed by atoms with Crippen molar-refractivity contribution in [1.29, 1.82) is 0 Å². The summed E-state index contributed by atoms with van der Waals surface area (Å²) in [4.78, 5) is 4.18. The fraction of sp³-hybridized carbons (Fsp3) is 0.364. The predicted molar refractivity (Wildman–Crippen MR) is 56.0 cm³/mol. The van der Waals surface area contributed by atoms with Crippen molar-refractivity contribution in [2.45, 2.75) is 25.0 Å². The molecule has 1 aromatic rings. The molecular formula is C11H14N2O. The summed E-state index contributed by atoms with van der Waals surface area (Å²) >= 11 is 0. The van der Waals surface area contributed by atoms with Gasteiger partial charge in [-0.2, -0.15) is 0 Å². The van der Waals surface area contributed by atoms with E-state index in [-0.39, 0.29) is 6.10 Å². The molecule has 1 aromatic heterocycles. The highest BCUT2D eigenvalue weighted by Gasteiger charge is 2.13. The van der Waals surface area contributed by atoms with Gasteiger partial charge in [0.05, 0.1) is 6.10 Å². The minimum Gasteiger partial charge on any atom is -0.389 e. The van der Waals surface area contributed by atoms with Crippen LogP contribution in [0.5, 0.6) is 0 Å². The second-order valence-electron chi connectivity index (χ2n) is 3.50. The Morgan fingerprint density at radius 2 is 2.21 bits per heavy atom. The van der Waals surface area contributed by atoms with Crippen LogP contribution in [0.15, 0.2) is 36.5 Å². The third-order valence-electron chi connectivity index (χ3n) is 2.34. The Morgan fingerprint density at radius 1 is 1.29 bits per heavy atom. The molecule has 0 radical (unpaired) electrons. The smallest absolute Gasteiger partial charge is 0.126 e. The molecule has 74 valence electrons. The Labute approximate surface area is 83.5 Å². The van der Waals surface area contributed by atoms with E-state index in [9.17, 15) is 5.11 Å². The third-order valence-corrected chi connectivity index (χ3v) is 2.34. The largest absolute Gasteiger partial charge is 0.389 e. The van der Waals surface area contributed by atoms with Crippen molar-refractivity contribution in [3.05, 3.63) is 36.5 Å². The summed E-state index contributed by atoms with van der Waals surface area (Å²) in [7, 11) is 0. The van der Waals surface area contributed by atoms with E-state index in [4.69, 9.17) is 0 Å². The number of aromatic nitrogens is 1. The van der Waals surface area contributed by atoms with Gasteiger partial charge in [-0.25, -0.2) is 4.98 Å². The van der Waals surface area contributed by atoms with Gasteiger partial charge in [0.2, 0.25) is 0 Å². The quantitative estimate of drug-likeness (QED) is 0.696. The molecule has 2 rings (SSSR count). The maximum absolute atomic E-state index is 9.26. The fourth-order valence-electron chi connectivity index (χ4n) is 1.56. The van der Waals surface area contributed by atoms with E-state index in [0.29, 0.717) is 6.04 Å². The summed E-state index contributed by atoms with van der Waals surface area (Å²) in [5, 5.41) is 12.6. The molecule has 1 heterocycles. The Kier molecular flexibility index (Phi) is 2.79. The van der Waals surface area contributed by atoms with Gasteiger partial charge in [-0.3, -0.25) is 0 Å². The molecule has 0 fully saturated rings. The summed E-state index contributed by atoms with van der Waals surface area (Å²) in [6.07, 6.45) is 7.11. The average Bonchev–Trinajstić information content (AvgIpc) is 2.23. The molecule has 1 aliphatic carbocycles. The van der Waals surface area contributed by atoms with Gasteiger partial charge in [0.1, 0.15) is 5.82 Å². The first kappa shape index (κ1) is 9.21. The molecule has 2 atom stereocenters. The molecular weight excluding hydrogens is 176 g/mol. The molecule has 0 spiro atoms. The molecule has 0 bridgehead atoms. The van der Waals surface area contributed by atoms with E-state index >= 15 is 0 Å². The Bertz CT molecular complexity index is 310. The van der Waals surface area contributed by atoms with Crippen LogP contribution in [0.4, 0.5) is 5.82 Å². The van der Waals surface area contributed by atoms with Crippen molar-refractivity contribution in [2.75, 3.05) is 5.32 Å². The second kappa shape index (κ2) is 4.24. The van der Waals surface area contributed by atoms with Gasteiger partial charge in [0, 0.05) is 12.2 Å². The number of rotatable bonds is 2. The lowest BCUT2D eigenvalue weighted by molar-refractivity contribution is 0.202. The zero-order valence-corrected chi connectivity index (χ0v) is 7.93. The van der Waals surface area contributed by atoms with Crippen LogP contribution in [0.3, 0.4) is 0 Å². The lowest BCUT2D eigenvalue weighted by atomic mass is 10.0. The van der Waals surface area contributed by atoms with Gasteiger partial charge in [0.25, 0.3) is 0 Å². The number of hydrogen-bond acceptors (Lipinski definition) is 3. The highest BCUT2D eigenvalue weighted by Crippen LogP contribution is 2.14. The summed E-state index contributed by atoms with van der Waals surface area (Å²) in [5.74, 6) is 0.888. The first-order chi connectivity index (χ1) is 6.84. The molecule has 0 saturated carbocycles. The lowest BCUT2D eigenvalue weighted by Crippen LogP contribution is -2.23. The maximum atomic E-state index is 9.26. The first-order valence-corrected chi connectivity index (χ1v) is 4.88. The van der Waals surface area contributed by atoms with Crippen molar-refractivity contribution in [1.82, 2.24) is 4.98 Å². The zero-order chi connectivity index (χ0) is 9.80. The minimum absolute atomic E-state index is 0.267. The summed E-state index contributed by atoms with van der Waals surface area (Å²) in [6, 6.07) is 6.09. The molecule has 3 heteroatoms. The minimum atomic E-state index is -0.267. The number of nitrogens with one attached hydrogen (secondary N) is 1. The Balaban J connectivity index is 1.96. The van der Waals surface area contributed by atoms with Gasteiger partial charge in [-0.1, -0.05) is 18.2 Å². The highest BCUT2D eigenvalue weighted by atomic mass is 16.3. The van der Waals surface area contributed by atoms with Crippen LogP contribution in [-0.2, 0) is 0 Å². The molecule has 0 saturated heterocycles. The van der Waals surface area contributed by atoms with Crippen LogP contribution in [0, 0.1) is 0 Å². The molecule has 2 N–H and O–H groups in total. The average molecular weight is 190 g/mol. The molecule has 0 aromatic carbocycles. The van der Waals surface area contributed by atoms with Crippen molar-refractivity contribution in [2.24, 2.45) is 0 Å². The van der Waals surface area contributed by atoms with E-state index in [0.717, 1.165) is 18.7 Å². The summed E-state index contributed by atoms with van der Waals surface area (Å²) in [5.41, 5.74) is 0. The number of nitrogens with zero attached hydrogens (tertiary/aromatic N) is 1. The van der Waals surface area contributed by atoms with Crippen molar-refractivity contribution >= 4 is 5.82 Å². The van der Waals surface area contributed by atoms with Crippen LogP contribution in [0.1, 0.15) is 12.8 Å². The number of hydrogen-bond donors (Lipinski definition) is 2. The maximum Gasteiger partial charge on any atom is 0.126 e. The first-order valence-electron chi connectivity index (χ1n) is 4.88. The molecule has 0 unspecified atom stereocenters. The van der Waals surface area contributed by atoms with Crippen molar-refractivity contribution < 1.29 is 5.11 Å². The molecule has 14 heavy (non-hydrogen) atoms. The van der Waals surface area contributed by atoms with Gasteiger partial charge in [-0.05, 0) is 25.0 Å². The van der Waals surface area contributed by atoms with Crippen LogP contribution in [-0.4, -0.2) is 22.2 Å². The van der Waals surface area contributed by atoms with Gasteiger partial charge >= 0.3 is 0 Å². The zero-order valence-electron chi connectivity index (χ0n) is 7.93. The van der Waals surface area contributed by atoms with Crippen LogP contribution in [0.25, 0.3) is 0 Å². The SMILES string of the molecule is O[C@H]1C=C[C@@H](Nc2ccccn2)CC1. The normalized spacial score (nSPS) is 26.1. The van der Waals surface area contributed by atoms with E-state index < -0.39 is 0 Å². The van der Waals surface area contributed by atoms with Crippen molar-refractivity contribution in [3.8, 4) is 0 Å². The summed E-state index contributed by atoms with van der Waals surface area (Å²) in [6.45, 7) is 0. The second-order valence-corrected chi connectivity index (χ2v) is 3.50. The van der Waals surface area contributed by atoms with Gasteiger partial charge in [0.15, 0.2) is 0 Å². The predicted octanol–water partition coefficient (Wildman–Crippen LogP) is 1.57. The van der Waals surface area contributed by atoms with Gasteiger partial charge in [-0.15, -0.1) is 0 Å². The summed E-state index contributed by atoms with van der Waals surface area (Å²) < 4.78 is 0. The Morgan fingerprint density at radius 3 is 2.86 bits per heavy atom. The third kappa shape index (κ3) is 2.33. The standard InChI is InChI=1S/C11H14N2O/c14-10-6-4-9(5-7-10)13-11-3-1-2-8-12-11/h1-4,6,8-10,14H,5,7H2,(H,12,13)/t9-,10+/m1/s1. The highest BCUT2D eigenvalue weighted by molar-refractivity contribution is 5.36. The number of anilines is 1. The van der Waals surface area contributed by atoms with E-state index in [1.807, 2.05) is 30.4 Å². The molecule has 0 amide bonds. The van der Waals surface area contributed by atoms with E-state index in [2.05, 4.69) is 10.3 Å². The Hall–Kier alpha value is -1.35. The molecule has 3 nitrogen and oxygen atoms in total. The van der Waals surface area contributed by atoms with Gasteiger partial charge < -0.3 is 10.4 Å². The van der Waals surface area contributed by atoms with Crippen LogP contribution in [0.2, 0.25) is 0 Å². The number of aliphatic hydroxyl groups is 1. The topological polar surface area (TPSA) is 45.1 Å². The van der Waals surface area contributed by atoms with Crippen LogP contribution < -0.4 is 5.32 Å². The number of aliphatic hydroxyl groups excluding tert-OH is 1. The van der Waals surface area contributed by atoms with E-state index in [1.165, 1.54) is 0 Å².